The van der Waals surface area contributed by atoms with Crippen molar-refractivity contribution in [2.45, 2.75) is 6.42 Å². The van der Waals surface area contributed by atoms with Gasteiger partial charge in [-0.1, -0.05) is 12.6 Å². The van der Waals surface area contributed by atoms with Gasteiger partial charge in [-0.25, -0.2) is 0 Å². The first-order valence-electron chi connectivity index (χ1n) is 3.78. The summed E-state index contributed by atoms with van der Waals surface area (Å²) in [4.78, 5) is 4.13. The van der Waals surface area contributed by atoms with Crippen molar-refractivity contribution < 1.29 is 5.11 Å². The van der Waals surface area contributed by atoms with E-state index >= 15 is 0 Å². The second-order valence-corrected chi connectivity index (χ2v) is 2.40. The zero-order valence-corrected chi connectivity index (χ0v) is 6.83. The van der Waals surface area contributed by atoms with Crippen molar-refractivity contribution >= 4 is 6.08 Å². The Hall–Kier alpha value is -1.37. The maximum atomic E-state index is 8.62. The smallest absolute Gasteiger partial charge is 0.0486 e. The van der Waals surface area contributed by atoms with Crippen molar-refractivity contribution in [1.29, 1.82) is 0 Å². The molecule has 0 atom stereocenters. The summed E-state index contributed by atoms with van der Waals surface area (Å²) in [7, 11) is 0. The molecule has 0 spiro atoms. The standard InChI is InChI=1S/C10H11NO/c1-2-3-9-4-5-10(6-7-12)11-8-9/h3-5,8,12H,1,6-7H2. The van der Waals surface area contributed by atoms with Gasteiger partial charge in [0.1, 0.15) is 0 Å². The number of rotatable bonds is 3. The van der Waals surface area contributed by atoms with E-state index in [9.17, 15) is 0 Å². The van der Waals surface area contributed by atoms with Crippen molar-refractivity contribution in [2.24, 2.45) is 0 Å². The molecule has 0 aliphatic heterocycles. The molecule has 2 heteroatoms. The van der Waals surface area contributed by atoms with Crippen LogP contribution in [0.25, 0.3) is 6.08 Å². The lowest BCUT2D eigenvalue weighted by Crippen LogP contribution is -1.93. The van der Waals surface area contributed by atoms with E-state index < -0.39 is 0 Å². The molecule has 1 heterocycles. The maximum absolute atomic E-state index is 8.62. The molecule has 1 aromatic heterocycles. The summed E-state index contributed by atoms with van der Waals surface area (Å²) >= 11 is 0. The summed E-state index contributed by atoms with van der Waals surface area (Å²) in [5, 5.41) is 8.62. The molecule has 1 N–H and O–H groups in total. The molecule has 0 aromatic carbocycles. The first-order chi connectivity index (χ1) is 5.86. The van der Waals surface area contributed by atoms with E-state index in [4.69, 9.17) is 5.11 Å². The molecule has 1 aromatic rings. The molecule has 62 valence electrons. The van der Waals surface area contributed by atoms with Crippen LogP contribution in [0.5, 0.6) is 0 Å². The van der Waals surface area contributed by atoms with Crippen LogP contribution >= 0.6 is 0 Å². The molecule has 0 fully saturated rings. The second kappa shape index (κ2) is 4.50. The number of aromatic nitrogens is 1. The lowest BCUT2D eigenvalue weighted by Gasteiger charge is -1.96. The van der Waals surface area contributed by atoms with Crippen LogP contribution in [0.15, 0.2) is 30.6 Å². The molecule has 1 rings (SSSR count). The van der Waals surface area contributed by atoms with Crippen molar-refractivity contribution in [3.8, 4) is 0 Å². The maximum Gasteiger partial charge on any atom is 0.0486 e. The fraction of sp³-hybridized carbons (Fsp3) is 0.200. The van der Waals surface area contributed by atoms with Crippen LogP contribution in [0.4, 0.5) is 0 Å². The van der Waals surface area contributed by atoms with Gasteiger partial charge < -0.3 is 5.11 Å². The van der Waals surface area contributed by atoms with Crippen LogP contribution in [0.1, 0.15) is 11.3 Å². The van der Waals surface area contributed by atoms with Gasteiger partial charge in [0, 0.05) is 30.5 Å². The lowest BCUT2D eigenvalue weighted by atomic mass is 10.2. The highest BCUT2D eigenvalue weighted by atomic mass is 16.3. The lowest BCUT2D eigenvalue weighted by molar-refractivity contribution is 0.298. The number of hydrogen-bond acceptors (Lipinski definition) is 2. The average molecular weight is 161 g/mol. The molecular formula is C10H11NO. The van der Waals surface area contributed by atoms with E-state index in [1.807, 2.05) is 12.1 Å². The molecule has 2 nitrogen and oxygen atoms in total. The van der Waals surface area contributed by atoms with E-state index in [1.165, 1.54) is 0 Å². The van der Waals surface area contributed by atoms with E-state index in [2.05, 4.69) is 17.3 Å². The third-order valence-corrected chi connectivity index (χ3v) is 1.48. The van der Waals surface area contributed by atoms with Gasteiger partial charge in [0.15, 0.2) is 0 Å². The molecule has 0 bridgehead atoms. The minimum Gasteiger partial charge on any atom is -0.396 e. The Bertz CT molecular complexity index is 283. The summed E-state index contributed by atoms with van der Waals surface area (Å²) in [5.41, 5.74) is 4.55. The molecule has 0 saturated heterocycles. The second-order valence-electron chi connectivity index (χ2n) is 2.40. The fourth-order valence-corrected chi connectivity index (χ4v) is 0.902. The molecule has 0 saturated carbocycles. The van der Waals surface area contributed by atoms with Gasteiger partial charge >= 0.3 is 0 Å². The zero-order chi connectivity index (χ0) is 8.81. The molecule has 0 radical (unpaired) electrons. The first kappa shape index (κ1) is 8.72. The van der Waals surface area contributed by atoms with Gasteiger partial charge in [-0.2, -0.15) is 0 Å². The third-order valence-electron chi connectivity index (χ3n) is 1.48. The predicted molar refractivity (Wildman–Crippen MR) is 48.6 cm³/mol. The molecular weight excluding hydrogens is 150 g/mol. The van der Waals surface area contributed by atoms with Gasteiger partial charge in [0.25, 0.3) is 0 Å². The van der Waals surface area contributed by atoms with Crippen molar-refractivity contribution in [3.05, 3.63) is 41.9 Å². The Morgan fingerprint density at radius 1 is 1.58 bits per heavy atom. The molecule has 0 aliphatic carbocycles. The number of aliphatic hydroxyl groups excluding tert-OH is 1. The number of nitrogens with zero attached hydrogens (tertiary/aromatic N) is 1. The minimum absolute atomic E-state index is 0.143. The zero-order valence-electron chi connectivity index (χ0n) is 6.83. The Morgan fingerprint density at radius 2 is 2.42 bits per heavy atom. The molecule has 12 heavy (non-hydrogen) atoms. The number of pyridine rings is 1. The molecule has 0 unspecified atom stereocenters. The van der Waals surface area contributed by atoms with Crippen LogP contribution in [-0.4, -0.2) is 16.7 Å². The van der Waals surface area contributed by atoms with Gasteiger partial charge in [0.05, 0.1) is 0 Å². The first-order valence-corrected chi connectivity index (χ1v) is 3.78. The number of aliphatic hydroxyl groups is 1. The highest BCUT2D eigenvalue weighted by Gasteiger charge is 1.91. The Morgan fingerprint density at radius 3 is 2.92 bits per heavy atom. The van der Waals surface area contributed by atoms with Gasteiger partial charge in [0.2, 0.25) is 0 Å². The van der Waals surface area contributed by atoms with E-state index in [-0.39, 0.29) is 6.61 Å². The Labute approximate surface area is 71.9 Å². The molecule has 0 amide bonds. The van der Waals surface area contributed by atoms with Gasteiger partial charge in [-0.3, -0.25) is 4.98 Å². The largest absolute Gasteiger partial charge is 0.396 e. The quantitative estimate of drug-likeness (QED) is 0.680. The summed E-state index contributed by atoms with van der Waals surface area (Å²) < 4.78 is 0. The highest BCUT2D eigenvalue weighted by Crippen LogP contribution is 2.01. The minimum atomic E-state index is 0.143. The summed E-state index contributed by atoms with van der Waals surface area (Å²) in [6, 6.07) is 3.82. The normalized spacial score (nSPS) is 9.08. The van der Waals surface area contributed by atoms with Crippen LogP contribution in [0.3, 0.4) is 0 Å². The van der Waals surface area contributed by atoms with Crippen LogP contribution in [-0.2, 0) is 6.42 Å². The predicted octanol–water partition coefficient (Wildman–Crippen LogP) is 1.41. The summed E-state index contributed by atoms with van der Waals surface area (Å²) in [6.07, 6.45) is 4.11. The van der Waals surface area contributed by atoms with Gasteiger partial charge in [-0.05, 0) is 12.1 Å². The van der Waals surface area contributed by atoms with Crippen molar-refractivity contribution in [1.82, 2.24) is 4.98 Å². The van der Waals surface area contributed by atoms with Crippen LogP contribution in [0.2, 0.25) is 0 Å². The molecule has 0 aliphatic rings. The van der Waals surface area contributed by atoms with Crippen LogP contribution < -0.4 is 0 Å². The topological polar surface area (TPSA) is 33.1 Å². The van der Waals surface area contributed by atoms with E-state index in [1.54, 1.807) is 12.3 Å². The highest BCUT2D eigenvalue weighted by molar-refractivity contribution is 5.46. The van der Waals surface area contributed by atoms with Crippen molar-refractivity contribution in [2.75, 3.05) is 6.61 Å². The van der Waals surface area contributed by atoms with Crippen LogP contribution in [0, 0.1) is 0 Å². The fourth-order valence-electron chi connectivity index (χ4n) is 0.902. The van der Waals surface area contributed by atoms with Crippen molar-refractivity contribution in [3.63, 3.8) is 0 Å². The average Bonchev–Trinajstić information content (AvgIpc) is 2.09. The third kappa shape index (κ3) is 2.35. The summed E-state index contributed by atoms with van der Waals surface area (Å²) in [5.74, 6) is 0. The van der Waals surface area contributed by atoms with E-state index in [0.717, 1.165) is 11.3 Å². The Kier molecular flexibility index (Phi) is 3.27. The SMILES string of the molecule is C=C=Cc1ccc(CCO)nc1. The van der Waals surface area contributed by atoms with Gasteiger partial charge in [-0.15, -0.1) is 5.73 Å². The van der Waals surface area contributed by atoms with E-state index in [0.29, 0.717) is 6.42 Å². The Balaban J connectivity index is 2.77. The number of hydrogen-bond donors (Lipinski definition) is 1. The monoisotopic (exact) mass is 161 g/mol. The summed E-state index contributed by atoms with van der Waals surface area (Å²) in [6.45, 7) is 3.61.